The van der Waals surface area contributed by atoms with Crippen LogP contribution in [0.5, 0.6) is 5.75 Å². The van der Waals surface area contributed by atoms with Crippen LogP contribution in [0.4, 0.5) is 0 Å². The number of hydrogen-bond acceptors (Lipinski definition) is 2. The molecular weight excluding hydrogens is 277 g/mol. The molecule has 0 aliphatic heterocycles. The number of phenols is 1. The molecule has 0 amide bonds. The average molecular weight is 291 g/mol. The van der Waals surface area contributed by atoms with E-state index in [9.17, 15) is 5.11 Å². The fourth-order valence-electron chi connectivity index (χ4n) is 1.91. The highest BCUT2D eigenvalue weighted by Gasteiger charge is 2.29. The SMILES string of the molecule is N[C@@H](c1c(Br)ccc(Cl)c1O)C1CCC1. The molecule has 3 N–H and O–H groups in total. The van der Waals surface area contributed by atoms with Crippen molar-refractivity contribution >= 4 is 27.5 Å². The lowest BCUT2D eigenvalue weighted by molar-refractivity contribution is 0.260. The van der Waals surface area contributed by atoms with Gasteiger partial charge in [0.1, 0.15) is 5.75 Å². The number of benzene rings is 1. The molecule has 0 unspecified atom stereocenters. The van der Waals surface area contributed by atoms with Crippen LogP contribution in [0.2, 0.25) is 5.02 Å². The van der Waals surface area contributed by atoms with Crippen LogP contribution in [-0.4, -0.2) is 5.11 Å². The van der Waals surface area contributed by atoms with Gasteiger partial charge in [-0.25, -0.2) is 0 Å². The third-order valence-electron chi connectivity index (χ3n) is 3.11. The van der Waals surface area contributed by atoms with Crippen molar-refractivity contribution in [2.75, 3.05) is 0 Å². The summed E-state index contributed by atoms with van der Waals surface area (Å²) in [5.74, 6) is 0.594. The van der Waals surface area contributed by atoms with Crippen LogP contribution in [0.1, 0.15) is 30.9 Å². The molecule has 2 rings (SSSR count). The molecule has 0 spiro atoms. The van der Waals surface area contributed by atoms with Crippen LogP contribution in [0.15, 0.2) is 16.6 Å². The molecule has 0 saturated heterocycles. The van der Waals surface area contributed by atoms with Gasteiger partial charge in [0.2, 0.25) is 0 Å². The van der Waals surface area contributed by atoms with E-state index in [-0.39, 0.29) is 11.8 Å². The lowest BCUT2D eigenvalue weighted by atomic mass is 9.77. The van der Waals surface area contributed by atoms with Crippen molar-refractivity contribution in [3.05, 3.63) is 27.2 Å². The van der Waals surface area contributed by atoms with E-state index in [0.717, 1.165) is 22.9 Å². The number of phenolic OH excluding ortho intramolecular Hbond substituents is 1. The van der Waals surface area contributed by atoms with Gasteiger partial charge in [-0.15, -0.1) is 0 Å². The standard InChI is InChI=1S/C11H13BrClNO/c12-7-4-5-8(13)11(15)9(7)10(14)6-2-1-3-6/h4-6,10,15H,1-3,14H2/t10-/m1/s1. The van der Waals surface area contributed by atoms with E-state index < -0.39 is 0 Å². The normalized spacial score (nSPS) is 18.6. The van der Waals surface area contributed by atoms with Crippen molar-refractivity contribution in [1.29, 1.82) is 0 Å². The molecule has 4 heteroatoms. The predicted octanol–water partition coefficient (Wildman–Crippen LogP) is 3.61. The first-order valence-corrected chi connectivity index (χ1v) is 6.21. The first kappa shape index (κ1) is 11.2. The van der Waals surface area contributed by atoms with E-state index >= 15 is 0 Å². The van der Waals surface area contributed by atoms with Crippen molar-refractivity contribution < 1.29 is 5.11 Å². The van der Waals surface area contributed by atoms with Crippen molar-refractivity contribution in [2.24, 2.45) is 11.7 Å². The van der Waals surface area contributed by atoms with Gasteiger partial charge >= 0.3 is 0 Å². The van der Waals surface area contributed by atoms with Gasteiger partial charge in [-0.2, -0.15) is 0 Å². The summed E-state index contributed by atoms with van der Waals surface area (Å²) >= 11 is 9.27. The first-order chi connectivity index (χ1) is 7.11. The largest absolute Gasteiger partial charge is 0.506 e. The zero-order chi connectivity index (χ0) is 11.0. The van der Waals surface area contributed by atoms with Crippen LogP contribution in [0.3, 0.4) is 0 Å². The molecule has 1 aromatic carbocycles. The maximum absolute atomic E-state index is 9.88. The summed E-state index contributed by atoms with van der Waals surface area (Å²) in [5.41, 5.74) is 6.86. The van der Waals surface area contributed by atoms with Crippen LogP contribution in [0.25, 0.3) is 0 Å². The Balaban J connectivity index is 2.36. The van der Waals surface area contributed by atoms with E-state index in [1.165, 1.54) is 6.42 Å². The minimum absolute atomic E-state index is 0.116. The lowest BCUT2D eigenvalue weighted by Crippen LogP contribution is -2.27. The van der Waals surface area contributed by atoms with Crippen molar-refractivity contribution in [2.45, 2.75) is 25.3 Å². The van der Waals surface area contributed by atoms with Gasteiger partial charge < -0.3 is 10.8 Å². The second-order valence-electron chi connectivity index (χ2n) is 4.01. The zero-order valence-corrected chi connectivity index (χ0v) is 10.6. The van der Waals surface area contributed by atoms with E-state index in [1.807, 2.05) is 6.07 Å². The molecule has 1 fully saturated rings. The zero-order valence-electron chi connectivity index (χ0n) is 8.21. The average Bonchev–Trinajstić information content (AvgIpc) is 2.09. The van der Waals surface area contributed by atoms with Gasteiger partial charge in [-0.05, 0) is 30.9 Å². The van der Waals surface area contributed by atoms with Gasteiger partial charge in [-0.1, -0.05) is 34.0 Å². The van der Waals surface area contributed by atoms with Gasteiger partial charge in [0, 0.05) is 16.1 Å². The van der Waals surface area contributed by atoms with E-state index in [1.54, 1.807) is 6.07 Å². The van der Waals surface area contributed by atoms with Crippen LogP contribution < -0.4 is 5.73 Å². The maximum atomic E-state index is 9.88. The molecule has 1 aliphatic carbocycles. The molecule has 15 heavy (non-hydrogen) atoms. The summed E-state index contributed by atoms with van der Waals surface area (Å²) in [6.45, 7) is 0. The Labute approximate surface area is 103 Å². The van der Waals surface area contributed by atoms with Gasteiger partial charge in [0.25, 0.3) is 0 Å². The Morgan fingerprint density at radius 2 is 2.13 bits per heavy atom. The topological polar surface area (TPSA) is 46.2 Å². The summed E-state index contributed by atoms with van der Waals surface area (Å²) < 4.78 is 0.837. The molecule has 1 atom stereocenters. The quantitative estimate of drug-likeness (QED) is 0.874. The second kappa shape index (κ2) is 4.32. The molecule has 2 nitrogen and oxygen atoms in total. The van der Waals surface area contributed by atoms with Crippen LogP contribution >= 0.6 is 27.5 Å². The number of hydrogen-bond donors (Lipinski definition) is 2. The first-order valence-electron chi connectivity index (χ1n) is 5.03. The number of nitrogens with two attached hydrogens (primary N) is 1. The van der Waals surface area contributed by atoms with Crippen LogP contribution in [0, 0.1) is 5.92 Å². The Bertz CT molecular complexity index is 379. The van der Waals surface area contributed by atoms with E-state index in [2.05, 4.69) is 15.9 Å². The molecule has 1 aliphatic rings. The smallest absolute Gasteiger partial charge is 0.140 e. The maximum Gasteiger partial charge on any atom is 0.140 e. The number of aromatic hydroxyl groups is 1. The minimum Gasteiger partial charge on any atom is -0.506 e. The predicted molar refractivity (Wildman–Crippen MR) is 65.1 cm³/mol. The summed E-state index contributed by atoms with van der Waals surface area (Å²) in [7, 11) is 0. The monoisotopic (exact) mass is 289 g/mol. The van der Waals surface area contributed by atoms with Gasteiger partial charge in [-0.3, -0.25) is 0 Å². The van der Waals surface area contributed by atoms with Gasteiger partial charge in [0.15, 0.2) is 0 Å². The molecule has 82 valence electrons. The van der Waals surface area contributed by atoms with Crippen molar-refractivity contribution in [3.8, 4) is 5.75 Å². The molecule has 0 heterocycles. The third-order valence-corrected chi connectivity index (χ3v) is 4.10. The highest BCUT2D eigenvalue weighted by Crippen LogP contribution is 2.43. The molecule has 1 aromatic rings. The summed E-state index contributed by atoms with van der Waals surface area (Å²) in [4.78, 5) is 0. The molecular formula is C11H13BrClNO. The fraction of sp³-hybridized carbons (Fsp3) is 0.455. The van der Waals surface area contributed by atoms with Crippen LogP contribution in [-0.2, 0) is 0 Å². The van der Waals surface area contributed by atoms with Gasteiger partial charge in [0.05, 0.1) is 5.02 Å². The van der Waals surface area contributed by atoms with E-state index in [0.29, 0.717) is 10.9 Å². The Morgan fingerprint density at radius 3 is 2.67 bits per heavy atom. The lowest BCUT2D eigenvalue weighted by Gasteiger charge is -2.32. The van der Waals surface area contributed by atoms with Crippen molar-refractivity contribution in [1.82, 2.24) is 0 Å². The molecule has 0 radical (unpaired) electrons. The summed E-state index contributed by atoms with van der Waals surface area (Å²) in [5, 5.41) is 10.2. The highest BCUT2D eigenvalue weighted by molar-refractivity contribution is 9.10. The molecule has 0 aromatic heterocycles. The second-order valence-corrected chi connectivity index (χ2v) is 5.27. The van der Waals surface area contributed by atoms with E-state index in [4.69, 9.17) is 17.3 Å². The summed E-state index contributed by atoms with van der Waals surface area (Å²) in [6.07, 6.45) is 3.51. The molecule has 0 bridgehead atoms. The summed E-state index contributed by atoms with van der Waals surface area (Å²) in [6, 6.07) is 3.38. The Kier molecular flexibility index (Phi) is 3.24. The molecule has 1 saturated carbocycles. The highest BCUT2D eigenvalue weighted by atomic mass is 79.9. The Morgan fingerprint density at radius 1 is 1.47 bits per heavy atom. The third kappa shape index (κ3) is 2.01. The minimum atomic E-state index is -0.119. The van der Waals surface area contributed by atoms with Crippen molar-refractivity contribution in [3.63, 3.8) is 0 Å². The fourth-order valence-corrected chi connectivity index (χ4v) is 2.66. The number of halogens is 2. The Hall–Kier alpha value is -0.250. The number of rotatable bonds is 2.